The number of methoxy groups -OCH3 is 1. The molecule has 3 aromatic rings. The molecule has 9 nitrogen and oxygen atoms in total. The number of aromatic nitrogens is 1. The van der Waals surface area contributed by atoms with Gasteiger partial charge in [-0.15, -0.1) is 0 Å². The topological polar surface area (TPSA) is 111 Å². The van der Waals surface area contributed by atoms with E-state index in [1.54, 1.807) is 31.4 Å². The molecule has 1 fully saturated rings. The summed E-state index contributed by atoms with van der Waals surface area (Å²) in [4.78, 5) is 31.2. The molecule has 9 heteroatoms. The van der Waals surface area contributed by atoms with E-state index in [0.29, 0.717) is 55.4 Å². The second-order valence-corrected chi connectivity index (χ2v) is 9.01. The standard InChI is InChI=1S/C28H32N2O7/c1-18-24(29-19(2)36-18)16-17-35-22-10-8-20(9-11-22)25-6-4-5-7-26(27(31)32)30(25)28(33)37-23-14-12-21(34-3)13-15-23/h8-15,25-26H,4-7,16-17H2,1-3H3,(H,31,32). The van der Waals surface area contributed by atoms with Gasteiger partial charge >= 0.3 is 12.1 Å². The van der Waals surface area contributed by atoms with Gasteiger partial charge in [0, 0.05) is 13.3 Å². The number of oxazole rings is 1. The minimum atomic E-state index is -1.04. The summed E-state index contributed by atoms with van der Waals surface area (Å²) in [6.07, 6.45) is 2.44. The largest absolute Gasteiger partial charge is 0.497 e. The second kappa shape index (κ2) is 11.8. The summed E-state index contributed by atoms with van der Waals surface area (Å²) < 4.78 is 22.1. The van der Waals surface area contributed by atoms with Gasteiger partial charge in [0.1, 0.15) is 29.1 Å². The van der Waals surface area contributed by atoms with Gasteiger partial charge in [0.2, 0.25) is 0 Å². The summed E-state index contributed by atoms with van der Waals surface area (Å²) in [7, 11) is 1.55. The highest BCUT2D eigenvalue weighted by Crippen LogP contribution is 2.35. The maximum absolute atomic E-state index is 13.3. The molecule has 2 heterocycles. The molecule has 1 aromatic heterocycles. The van der Waals surface area contributed by atoms with E-state index in [-0.39, 0.29) is 0 Å². The van der Waals surface area contributed by atoms with Crippen molar-refractivity contribution in [1.29, 1.82) is 0 Å². The van der Waals surface area contributed by atoms with Crippen LogP contribution in [0.15, 0.2) is 52.9 Å². The molecule has 4 rings (SSSR count). The van der Waals surface area contributed by atoms with Crippen LogP contribution in [0.1, 0.15) is 54.6 Å². The average molecular weight is 509 g/mol. The minimum absolute atomic E-state index is 0.319. The third-order valence-electron chi connectivity index (χ3n) is 6.51. The van der Waals surface area contributed by atoms with Crippen LogP contribution in [0.4, 0.5) is 4.79 Å². The molecule has 1 N–H and O–H groups in total. The molecule has 1 aliphatic rings. The van der Waals surface area contributed by atoms with Crippen molar-refractivity contribution < 1.29 is 33.3 Å². The van der Waals surface area contributed by atoms with Crippen LogP contribution in [0.25, 0.3) is 0 Å². The fraction of sp³-hybridized carbons (Fsp3) is 0.393. The normalized spacial score (nSPS) is 17.6. The van der Waals surface area contributed by atoms with Gasteiger partial charge in [0.25, 0.3) is 0 Å². The number of amides is 1. The van der Waals surface area contributed by atoms with Gasteiger partial charge in [-0.05, 0) is 61.7 Å². The molecule has 0 spiro atoms. The van der Waals surface area contributed by atoms with Crippen molar-refractivity contribution in [1.82, 2.24) is 9.88 Å². The molecular weight excluding hydrogens is 476 g/mol. The molecule has 0 bridgehead atoms. The molecule has 2 unspecified atom stereocenters. The van der Waals surface area contributed by atoms with Crippen LogP contribution < -0.4 is 14.2 Å². The lowest BCUT2D eigenvalue weighted by Crippen LogP contribution is -2.47. The van der Waals surface area contributed by atoms with E-state index in [0.717, 1.165) is 23.4 Å². The summed E-state index contributed by atoms with van der Waals surface area (Å²) in [6, 6.07) is 12.6. The van der Waals surface area contributed by atoms with Crippen molar-refractivity contribution in [2.45, 2.75) is 58.0 Å². The van der Waals surface area contributed by atoms with Gasteiger partial charge in [-0.1, -0.05) is 25.0 Å². The molecule has 1 amide bonds. The predicted molar refractivity (Wildman–Crippen MR) is 135 cm³/mol. The molecule has 2 atom stereocenters. The molecule has 0 saturated carbocycles. The van der Waals surface area contributed by atoms with Crippen LogP contribution in [0.3, 0.4) is 0 Å². The maximum Gasteiger partial charge on any atom is 0.416 e. The molecule has 0 aliphatic carbocycles. The van der Waals surface area contributed by atoms with E-state index in [1.807, 2.05) is 38.1 Å². The SMILES string of the molecule is COc1ccc(OC(=O)N2C(C(=O)O)CCCCC2c2ccc(OCCc3nc(C)oc3C)cc2)cc1. The maximum atomic E-state index is 13.3. The number of benzene rings is 2. The lowest BCUT2D eigenvalue weighted by molar-refractivity contribution is -0.143. The van der Waals surface area contributed by atoms with Gasteiger partial charge in [-0.3, -0.25) is 4.90 Å². The van der Waals surface area contributed by atoms with Gasteiger partial charge in [0.05, 0.1) is 25.5 Å². The van der Waals surface area contributed by atoms with E-state index in [2.05, 4.69) is 4.98 Å². The number of nitrogens with zero attached hydrogens (tertiary/aromatic N) is 2. The average Bonchev–Trinajstić information content (AvgIpc) is 3.07. The number of carboxylic acids is 1. The van der Waals surface area contributed by atoms with E-state index < -0.39 is 24.1 Å². The van der Waals surface area contributed by atoms with Gasteiger partial charge in [-0.2, -0.15) is 0 Å². The number of aliphatic carboxylic acids is 1. The van der Waals surface area contributed by atoms with Crippen molar-refractivity contribution in [3.8, 4) is 17.2 Å². The Morgan fingerprint density at radius 2 is 1.65 bits per heavy atom. The highest BCUT2D eigenvalue weighted by molar-refractivity contribution is 5.81. The zero-order valence-corrected chi connectivity index (χ0v) is 21.3. The molecule has 1 saturated heterocycles. The molecule has 2 aromatic carbocycles. The van der Waals surface area contributed by atoms with Crippen LogP contribution >= 0.6 is 0 Å². The first-order valence-electron chi connectivity index (χ1n) is 12.4. The van der Waals surface area contributed by atoms with Crippen molar-refractivity contribution in [3.63, 3.8) is 0 Å². The Morgan fingerprint density at radius 1 is 1.00 bits per heavy atom. The van der Waals surface area contributed by atoms with Crippen molar-refractivity contribution >= 4 is 12.1 Å². The van der Waals surface area contributed by atoms with Crippen LogP contribution in [0, 0.1) is 13.8 Å². The van der Waals surface area contributed by atoms with Crippen LogP contribution in [0.5, 0.6) is 17.2 Å². The summed E-state index contributed by atoms with van der Waals surface area (Å²) >= 11 is 0. The van der Waals surface area contributed by atoms with Crippen LogP contribution in [-0.4, -0.2) is 46.8 Å². The fourth-order valence-electron chi connectivity index (χ4n) is 4.65. The van der Waals surface area contributed by atoms with Crippen LogP contribution in [-0.2, 0) is 11.2 Å². The van der Waals surface area contributed by atoms with Gasteiger partial charge in [0.15, 0.2) is 5.89 Å². The Hall–Kier alpha value is -4.01. The lowest BCUT2D eigenvalue weighted by atomic mass is 10.0. The number of carboxylic acid groups (broad SMARTS) is 1. The highest BCUT2D eigenvalue weighted by Gasteiger charge is 2.38. The fourth-order valence-corrected chi connectivity index (χ4v) is 4.65. The summed E-state index contributed by atoms with van der Waals surface area (Å²) in [5, 5.41) is 9.94. The highest BCUT2D eigenvalue weighted by atomic mass is 16.6. The third kappa shape index (κ3) is 6.41. The first-order valence-corrected chi connectivity index (χ1v) is 12.4. The van der Waals surface area contributed by atoms with Crippen LogP contribution in [0.2, 0.25) is 0 Å². The van der Waals surface area contributed by atoms with E-state index >= 15 is 0 Å². The monoisotopic (exact) mass is 508 g/mol. The zero-order valence-electron chi connectivity index (χ0n) is 21.3. The third-order valence-corrected chi connectivity index (χ3v) is 6.51. The predicted octanol–water partition coefficient (Wildman–Crippen LogP) is 5.49. The van der Waals surface area contributed by atoms with Crippen molar-refractivity contribution in [2.24, 2.45) is 0 Å². The Labute approximate surface area is 216 Å². The number of carbonyl (C=O) groups is 2. The number of ether oxygens (including phenoxy) is 3. The summed E-state index contributed by atoms with van der Waals surface area (Å²) in [5.41, 5.74) is 1.70. The number of hydrogen-bond acceptors (Lipinski definition) is 7. The molecule has 37 heavy (non-hydrogen) atoms. The first kappa shape index (κ1) is 26.1. The quantitative estimate of drug-likeness (QED) is 0.425. The Kier molecular flexibility index (Phi) is 8.32. The summed E-state index contributed by atoms with van der Waals surface area (Å²) in [5.74, 6) is 2.01. The van der Waals surface area contributed by atoms with E-state index in [9.17, 15) is 14.7 Å². The Morgan fingerprint density at radius 3 is 2.27 bits per heavy atom. The summed E-state index contributed by atoms with van der Waals surface area (Å²) in [6.45, 7) is 4.14. The van der Waals surface area contributed by atoms with Gasteiger partial charge in [-0.25, -0.2) is 14.6 Å². The lowest BCUT2D eigenvalue weighted by Gasteiger charge is -2.33. The first-order chi connectivity index (χ1) is 17.9. The molecule has 0 radical (unpaired) electrons. The van der Waals surface area contributed by atoms with E-state index in [4.69, 9.17) is 18.6 Å². The number of rotatable bonds is 8. The second-order valence-electron chi connectivity index (χ2n) is 9.01. The number of carbonyl (C=O) groups excluding carboxylic acids is 1. The molecule has 196 valence electrons. The minimum Gasteiger partial charge on any atom is -0.497 e. The number of hydrogen-bond donors (Lipinski definition) is 1. The van der Waals surface area contributed by atoms with Crippen molar-refractivity contribution in [2.75, 3.05) is 13.7 Å². The Balaban J connectivity index is 1.49. The van der Waals surface area contributed by atoms with E-state index in [1.165, 1.54) is 4.90 Å². The molecule has 1 aliphatic heterocycles. The smallest absolute Gasteiger partial charge is 0.416 e. The van der Waals surface area contributed by atoms with Gasteiger partial charge < -0.3 is 23.7 Å². The zero-order chi connectivity index (χ0) is 26.4. The number of likely N-dealkylation sites (tertiary alicyclic amines) is 1. The number of aryl methyl sites for hydroxylation is 2. The molecular formula is C28H32N2O7. The Bertz CT molecular complexity index is 1200. The van der Waals surface area contributed by atoms with Crippen molar-refractivity contribution in [3.05, 3.63) is 71.4 Å².